The van der Waals surface area contributed by atoms with Crippen molar-refractivity contribution in [1.29, 1.82) is 0 Å². The van der Waals surface area contributed by atoms with Gasteiger partial charge in [-0.1, -0.05) is 56.7 Å². The number of aromatic nitrogens is 1. The fourth-order valence-corrected chi connectivity index (χ4v) is 11.8. The minimum absolute atomic E-state index is 0.157. The van der Waals surface area contributed by atoms with Crippen molar-refractivity contribution in [3.8, 4) is 0 Å². The Balaban J connectivity index is 1.18. The molecule has 7 nitrogen and oxygen atoms in total. The summed E-state index contributed by atoms with van der Waals surface area (Å²) in [7, 11) is -0.306. The Kier molecular flexibility index (Phi) is 8.39. The Labute approximate surface area is 269 Å². The highest BCUT2D eigenvalue weighted by atomic mass is 32.2. The van der Waals surface area contributed by atoms with Gasteiger partial charge in [0.2, 0.25) is 10.0 Å². The maximum Gasteiger partial charge on any atom is 0.289 e. The average Bonchev–Trinajstić information content (AvgIpc) is 3.37. The first-order valence-corrected chi connectivity index (χ1v) is 18.3. The second kappa shape index (κ2) is 11.8. The van der Waals surface area contributed by atoms with Crippen molar-refractivity contribution >= 4 is 21.8 Å². The third kappa shape index (κ3) is 5.40. The van der Waals surface area contributed by atoms with Crippen LogP contribution in [0.15, 0.2) is 65.3 Å². The van der Waals surface area contributed by atoms with Crippen molar-refractivity contribution in [3.63, 3.8) is 0 Å². The molecule has 242 valence electrons. The average molecular weight is 633 g/mol. The number of hydrogen-bond acceptors (Lipinski definition) is 4. The first kappa shape index (κ1) is 32.1. The number of pyridine rings is 1. The van der Waals surface area contributed by atoms with Gasteiger partial charge in [-0.25, -0.2) is 13.0 Å². The van der Waals surface area contributed by atoms with E-state index in [0.29, 0.717) is 35.0 Å². The van der Waals surface area contributed by atoms with Crippen molar-refractivity contribution in [2.45, 2.75) is 90.0 Å². The second-order valence-electron chi connectivity index (χ2n) is 15.1. The summed E-state index contributed by atoms with van der Waals surface area (Å²) in [5, 5.41) is 11.6. The van der Waals surface area contributed by atoms with Crippen LogP contribution in [0.5, 0.6) is 0 Å². The smallest absolute Gasteiger partial charge is 0.258 e. The molecule has 0 N–H and O–H groups in total. The number of allylic oxidation sites excluding steroid dienone is 3. The van der Waals surface area contributed by atoms with E-state index in [1.807, 2.05) is 0 Å². The molecule has 1 aromatic heterocycles. The predicted octanol–water partition coefficient (Wildman–Crippen LogP) is 7.65. The van der Waals surface area contributed by atoms with Crippen LogP contribution in [0.3, 0.4) is 0 Å². The van der Waals surface area contributed by atoms with E-state index in [0.717, 1.165) is 25.7 Å². The molecule has 6 rings (SSSR count). The van der Waals surface area contributed by atoms with Gasteiger partial charge < -0.3 is 0 Å². The lowest BCUT2D eigenvalue weighted by atomic mass is 9.47. The molecule has 0 spiro atoms. The fraction of sp³-hybridized carbons (Fsp3) is 0.595. The van der Waals surface area contributed by atoms with Crippen LogP contribution >= 0.6 is 0 Å². The van der Waals surface area contributed by atoms with Gasteiger partial charge in [0.25, 0.3) is 5.69 Å². The summed E-state index contributed by atoms with van der Waals surface area (Å²) in [6, 6.07) is 7.76. The Morgan fingerprint density at radius 2 is 1.78 bits per heavy atom. The molecule has 4 aliphatic carbocycles. The summed E-state index contributed by atoms with van der Waals surface area (Å²) < 4.78 is 30.8. The van der Waals surface area contributed by atoms with Crippen LogP contribution in [0.1, 0.15) is 83.3 Å². The highest BCUT2D eigenvalue weighted by molar-refractivity contribution is 7.89. The lowest BCUT2D eigenvalue weighted by Crippen LogP contribution is -2.52. The maximum absolute atomic E-state index is 13.6. The van der Waals surface area contributed by atoms with Gasteiger partial charge in [0.05, 0.1) is 4.92 Å². The molecule has 3 saturated carbocycles. The number of para-hydroxylation sites is 1. The van der Waals surface area contributed by atoms with Gasteiger partial charge in [0.1, 0.15) is 7.05 Å². The standard InChI is InChI=1S/C37H50N3O4S/c1-25(11-12-27-19-22-38(5)24-26(27)2)31-15-16-32-30-14-13-28-23-29(17-20-36(28,3)33(30)18-21-37(31,32)4)39(6)45(43,44)35-10-8-7-9-34(35)40(41)42/h7-12,14,19,22,24-25,28-29,31-33H,13,15-18,20-21,23H2,1-6H3/q+1/b12-11+/t25-,28+,29-,31-,32+,33+,36+,37-/m1/s1. The summed E-state index contributed by atoms with van der Waals surface area (Å²) in [5.41, 5.74) is 4.42. The molecule has 0 amide bonds. The van der Waals surface area contributed by atoms with Crippen LogP contribution in [0.4, 0.5) is 5.69 Å². The van der Waals surface area contributed by atoms with E-state index in [9.17, 15) is 18.5 Å². The summed E-state index contributed by atoms with van der Waals surface area (Å²) in [6.45, 7) is 9.65. The lowest BCUT2D eigenvalue weighted by molar-refractivity contribution is -0.671. The van der Waals surface area contributed by atoms with Gasteiger partial charge in [-0.15, -0.1) is 0 Å². The molecule has 4 aliphatic rings. The van der Waals surface area contributed by atoms with Crippen molar-refractivity contribution in [2.24, 2.45) is 47.5 Å². The van der Waals surface area contributed by atoms with E-state index in [4.69, 9.17) is 0 Å². The normalized spacial score (nSPS) is 33.8. The van der Waals surface area contributed by atoms with Gasteiger partial charge in [0.15, 0.2) is 17.3 Å². The van der Waals surface area contributed by atoms with Crippen LogP contribution in [0.2, 0.25) is 0 Å². The molecule has 45 heavy (non-hydrogen) atoms. The molecule has 0 aliphatic heterocycles. The van der Waals surface area contributed by atoms with Crippen LogP contribution in [0.25, 0.3) is 6.08 Å². The molecule has 2 aromatic rings. The number of nitrogens with zero attached hydrogens (tertiary/aromatic N) is 3. The SMILES string of the molecule is Cc1c[n+](C)ccc1/C=C/[C@@H](C)[C@H]1CC[C@H]2C3=CC[C@H]4C[C@H](N(C)S(=O)(=O)c5ccccc5[N+](=O)[O-])CC[C@]4(C)[C@H]3CC[C@]12C. The Morgan fingerprint density at radius 1 is 1.07 bits per heavy atom. The highest BCUT2D eigenvalue weighted by Gasteiger charge is 2.58. The summed E-state index contributed by atoms with van der Waals surface area (Å²) >= 11 is 0. The highest BCUT2D eigenvalue weighted by Crippen LogP contribution is 2.67. The zero-order valence-corrected chi connectivity index (χ0v) is 28.6. The van der Waals surface area contributed by atoms with Crippen LogP contribution in [-0.4, -0.2) is 30.7 Å². The molecular formula is C37H50N3O4S+. The maximum atomic E-state index is 13.6. The summed E-state index contributed by atoms with van der Waals surface area (Å²) in [6.07, 6.45) is 20.2. The third-order valence-electron chi connectivity index (χ3n) is 12.9. The largest absolute Gasteiger partial charge is 0.289 e. The number of nitro benzene ring substituents is 1. The van der Waals surface area contributed by atoms with Gasteiger partial charge in [-0.3, -0.25) is 10.1 Å². The Morgan fingerprint density at radius 3 is 2.51 bits per heavy atom. The molecule has 3 fully saturated rings. The predicted molar refractivity (Wildman–Crippen MR) is 178 cm³/mol. The van der Waals surface area contributed by atoms with E-state index in [2.05, 4.69) is 76.0 Å². The topological polar surface area (TPSA) is 84.4 Å². The minimum Gasteiger partial charge on any atom is -0.258 e. The number of sulfonamides is 1. The number of nitro groups is 1. The Hall–Kier alpha value is -2.84. The zero-order valence-electron chi connectivity index (χ0n) is 27.8. The summed E-state index contributed by atoms with van der Waals surface area (Å²) in [4.78, 5) is 10.8. The molecule has 0 bridgehead atoms. The van der Waals surface area contributed by atoms with Gasteiger partial charge >= 0.3 is 0 Å². The number of benzene rings is 1. The Bertz CT molecular complexity index is 1650. The van der Waals surface area contributed by atoms with Crippen molar-refractivity contribution in [1.82, 2.24) is 4.31 Å². The van der Waals surface area contributed by atoms with E-state index < -0.39 is 14.9 Å². The van der Waals surface area contributed by atoms with Gasteiger partial charge in [-0.05, 0) is 110 Å². The zero-order chi connectivity index (χ0) is 32.3. The number of rotatable bonds is 7. The minimum atomic E-state index is -3.99. The van der Waals surface area contributed by atoms with Crippen molar-refractivity contribution in [2.75, 3.05) is 7.05 Å². The number of aryl methyl sites for hydroxylation is 2. The fourth-order valence-electron chi connectivity index (χ4n) is 10.2. The monoisotopic (exact) mass is 632 g/mol. The number of fused-ring (bicyclic) bond motifs is 5. The first-order chi connectivity index (χ1) is 21.3. The lowest BCUT2D eigenvalue weighted by Gasteiger charge is -2.58. The van der Waals surface area contributed by atoms with E-state index in [1.54, 1.807) is 18.7 Å². The van der Waals surface area contributed by atoms with Crippen molar-refractivity contribution in [3.05, 3.63) is 81.7 Å². The molecule has 8 heteroatoms. The molecule has 0 unspecified atom stereocenters. The molecule has 8 atom stereocenters. The molecule has 0 radical (unpaired) electrons. The molecule has 1 heterocycles. The van der Waals surface area contributed by atoms with Crippen molar-refractivity contribution < 1.29 is 17.9 Å². The molecule has 1 aromatic carbocycles. The third-order valence-corrected chi connectivity index (χ3v) is 14.9. The summed E-state index contributed by atoms with van der Waals surface area (Å²) in [5.74, 6) is 2.79. The van der Waals surface area contributed by atoms with Gasteiger partial charge in [-0.2, -0.15) is 4.31 Å². The van der Waals surface area contributed by atoms with E-state index >= 15 is 0 Å². The quantitative estimate of drug-likeness (QED) is 0.136. The second-order valence-corrected chi connectivity index (χ2v) is 17.1. The molecular weight excluding hydrogens is 582 g/mol. The van der Waals surface area contributed by atoms with Crippen LogP contribution in [-0.2, 0) is 17.1 Å². The molecule has 0 saturated heterocycles. The van der Waals surface area contributed by atoms with E-state index in [1.165, 1.54) is 59.3 Å². The van der Waals surface area contributed by atoms with Gasteiger partial charge in [0, 0.05) is 30.8 Å². The van der Waals surface area contributed by atoms with E-state index in [-0.39, 0.29) is 22.0 Å². The first-order valence-electron chi connectivity index (χ1n) is 16.8. The number of hydrogen-bond donors (Lipinski definition) is 0. The van der Waals surface area contributed by atoms with Crippen LogP contribution < -0.4 is 4.57 Å². The van der Waals surface area contributed by atoms with Crippen LogP contribution in [0, 0.1) is 57.5 Å².